The molecule has 0 bridgehead atoms. The molecule has 7 nitrogen and oxygen atoms in total. The van der Waals surface area contributed by atoms with Gasteiger partial charge in [0.25, 0.3) is 0 Å². The number of benzene rings is 2. The van der Waals surface area contributed by atoms with Crippen LogP contribution in [0.3, 0.4) is 0 Å². The molecule has 3 N–H and O–H groups in total. The molecule has 1 amide bonds. The maximum Gasteiger partial charge on any atom is 0.238 e. The van der Waals surface area contributed by atoms with Gasteiger partial charge in [-0.2, -0.15) is 0 Å². The third-order valence-electron chi connectivity index (χ3n) is 3.26. The van der Waals surface area contributed by atoms with Crippen molar-refractivity contribution in [3.05, 3.63) is 48.0 Å². The van der Waals surface area contributed by atoms with Crippen LogP contribution in [0.2, 0.25) is 0 Å². The fourth-order valence-electron chi connectivity index (χ4n) is 2.13. The lowest BCUT2D eigenvalue weighted by Gasteiger charge is -2.10. The van der Waals surface area contributed by atoms with Crippen LogP contribution in [-0.2, 0) is 21.2 Å². The molecular formula is C16H18N2O5S. The van der Waals surface area contributed by atoms with E-state index < -0.39 is 10.0 Å². The third-order valence-corrected chi connectivity index (χ3v) is 4.17. The molecule has 0 radical (unpaired) electrons. The summed E-state index contributed by atoms with van der Waals surface area (Å²) in [5.41, 5.74) is 1.08. The second-order valence-electron chi connectivity index (χ2n) is 4.99. The SMILES string of the molecule is COc1ccc(CC(=O)Nc2cccc(S(N)(=O)=O)c2)cc1OC. The number of sulfonamides is 1. The van der Waals surface area contributed by atoms with Crippen LogP contribution in [0.15, 0.2) is 47.4 Å². The van der Waals surface area contributed by atoms with E-state index >= 15 is 0 Å². The van der Waals surface area contributed by atoms with Crippen molar-refractivity contribution >= 4 is 21.6 Å². The molecule has 128 valence electrons. The summed E-state index contributed by atoms with van der Waals surface area (Å²) in [6, 6.07) is 10.9. The van der Waals surface area contributed by atoms with Crippen LogP contribution in [-0.4, -0.2) is 28.5 Å². The summed E-state index contributed by atoms with van der Waals surface area (Å²) in [7, 11) is -0.774. The summed E-state index contributed by atoms with van der Waals surface area (Å²) in [6.07, 6.45) is 0.0972. The molecule has 0 fully saturated rings. The minimum absolute atomic E-state index is 0.0635. The predicted molar refractivity (Wildman–Crippen MR) is 89.7 cm³/mol. The first-order valence-corrected chi connectivity index (χ1v) is 8.51. The van der Waals surface area contributed by atoms with Crippen molar-refractivity contribution in [2.24, 2.45) is 5.14 Å². The lowest BCUT2D eigenvalue weighted by atomic mass is 10.1. The maximum atomic E-state index is 12.1. The highest BCUT2D eigenvalue weighted by Crippen LogP contribution is 2.27. The van der Waals surface area contributed by atoms with E-state index in [1.807, 2.05) is 0 Å². The van der Waals surface area contributed by atoms with Gasteiger partial charge < -0.3 is 14.8 Å². The number of nitrogens with two attached hydrogens (primary N) is 1. The van der Waals surface area contributed by atoms with E-state index in [0.29, 0.717) is 17.2 Å². The number of anilines is 1. The minimum Gasteiger partial charge on any atom is -0.493 e. The topological polar surface area (TPSA) is 108 Å². The highest BCUT2D eigenvalue weighted by molar-refractivity contribution is 7.89. The summed E-state index contributed by atoms with van der Waals surface area (Å²) >= 11 is 0. The van der Waals surface area contributed by atoms with Gasteiger partial charge in [0, 0.05) is 5.69 Å². The van der Waals surface area contributed by atoms with Crippen molar-refractivity contribution in [1.29, 1.82) is 0 Å². The number of primary sulfonamides is 1. The Morgan fingerprint density at radius 3 is 2.42 bits per heavy atom. The number of rotatable bonds is 6. The smallest absolute Gasteiger partial charge is 0.238 e. The number of hydrogen-bond acceptors (Lipinski definition) is 5. The molecule has 0 saturated carbocycles. The lowest BCUT2D eigenvalue weighted by molar-refractivity contribution is -0.115. The van der Waals surface area contributed by atoms with Gasteiger partial charge in [-0.05, 0) is 35.9 Å². The summed E-state index contributed by atoms with van der Waals surface area (Å²) in [4.78, 5) is 12.1. The zero-order chi connectivity index (χ0) is 17.7. The summed E-state index contributed by atoms with van der Waals surface area (Å²) < 4.78 is 33.0. The first kappa shape index (κ1) is 17.8. The fourth-order valence-corrected chi connectivity index (χ4v) is 2.69. The van der Waals surface area contributed by atoms with Gasteiger partial charge in [-0.15, -0.1) is 0 Å². The Morgan fingerprint density at radius 1 is 1.08 bits per heavy atom. The van der Waals surface area contributed by atoms with E-state index in [1.54, 1.807) is 24.3 Å². The molecule has 2 aromatic rings. The molecule has 0 aliphatic rings. The van der Waals surface area contributed by atoms with Crippen LogP contribution in [0, 0.1) is 0 Å². The van der Waals surface area contributed by atoms with Crippen molar-refractivity contribution in [3.63, 3.8) is 0 Å². The molecule has 0 spiro atoms. The van der Waals surface area contributed by atoms with Gasteiger partial charge in [0.2, 0.25) is 15.9 Å². The summed E-state index contributed by atoms with van der Waals surface area (Å²) in [5, 5.41) is 7.71. The summed E-state index contributed by atoms with van der Waals surface area (Å²) in [5.74, 6) is 0.801. The monoisotopic (exact) mass is 350 g/mol. The summed E-state index contributed by atoms with van der Waals surface area (Å²) in [6.45, 7) is 0. The zero-order valence-electron chi connectivity index (χ0n) is 13.3. The van der Waals surface area contributed by atoms with E-state index in [4.69, 9.17) is 14.6 Å². The Morgan fingerprint density at radius 2 is 1.79 bits per heavy atom. The number of carbonyl (C=O) groups excluding carboxylic acids is 1. The molecule has 0 aliphatic carbocycles. The highest BCUT2D eigenvalue weighted by atomic mass is 32.2. The van der Waals surface area contributed by atoms with Gasteiger partial charge in [0.1, 0.15) is 0 Å². The highest BCUT2D eigenvalue weighted by Gasteiger charge is 2.11. The number of nitrogens with one attached hydrogen (secondary N) is 1. The average molecular weight is 350 g/mol. The van der Waals surface area contributed by atoms with Crippen LogP contribution >= 0.6 is 0 Å². The molecule has 0 saturated heterocycles. The van der Waals surface area contributed by atoms with Gasteiger partial charge >= 0.3 is 0 Å². The van der Waals surface area contributed by atoms with Gasteiger partial charge in [0.05, 0.1) is 25.5 Å². The molecule has 24 heavy (non-hydrogen) atoms. The van der Waals surface area contributed by atoms with Crippen LogP contribution in [0.5, 0.6) is 11.5 Å². The van der Waals surface area contributed by atoms with Crippen LogP contribution < -0.4 is 19.9 Å². The van der Waals surface area contributed by atoms with Gasteiger partial charge in [0.15, 0.2) is 11.5 Å². The lowest BCUT2D eigenvalue weighted by Crippen LogP contribution is -2.16. The molecule has 0 unspecified atom stereocenters. The first-order chi connectivity index (χ1) is 11.3. The van der Waals surface area contributed by atoms with Gasteiger partial charge in [-0.1, -0.05) is 12.1 Å². The van der Waals surface area contributed by atoms with E-state index in [9.17, 15) is 13.2 Å². The molecule has 0 aromatic heterocycles. The minimum atomic E-state index is -3.82. The van der Waals surface area contributed by atoms with Gasteiger partial charge in [-0.3, -0.25) is 4.79 Å². The molecule has 2 aromatic carbocycles. The molecule has 0 heterocycles. The Kier molecular flexibility index (Phi) is 5.42. The Labute approximate surface area is 140 Å². The van der Waals surface area contributed by atoms with Crippen molar-refractivity contribution in [2.45, 2.75) is 11.3 Å². The molecule has 0 atom stereocenters. The van der Waals surface area contributed by atoms with Crippen molar-refractivity contribution < 1.29 is 22.7 Å². The van der Waals surface area contributed by atoms with Crippen LogP contribution in [0.25, 0.3) is 0 Å². The molecular weight excluding hydrogens is 332 g/mol. The number of methoxy groups -OCH3 is 2. The van der Waals surface area contributed by atoms with Crippen molar-refractivity contribution in [3.8, 4) is 11.5 Å². The Balaban J connectivity index is 2.11. The van der Waals surface area contributed by atoms with E-state index in [0.717, 1.165) is 5.56 Å². The van der Waals surface area contributed by atoms with E-state index in [-0.39, 0.29) is 17.2 Å². The van der Waals surface area contributed by atoms with Crippen LogP contribution in [0.4, 0.5) is 5.69 Å². The first-order valence-electron chi connectivity index (χ1n) is 6.97. The van der Waals surface area contributed by atoms with Crippen molar-refractivity contribution in [2.75, 3.05) is 19.5 Å². The normalized spacial score (nSPS) is 11.0. The van der Waals surface area contributed by atoms with E-state index in [2.05, 4.69) is 5.32 Å². The third kappa shape index (κ3) is 4.46. The standard InChI is InChI=1S/C16H18N2O5S/c1-22-14-7-6-11(8-15(14)23-2)9-16(19)18-12-4-3-5-13(10-12)24(17,20)21/h3-8,10H,9H2,1-2H3,(H,18,19)(H2,17,20,21). The Hall–Kier alpha value is -2.58. The number of amides is 1. The van der Waals surface area contributed by atoms with E-state index in [1.165, 1.54) is 32.4 Å². The quantitative estimate of drug-likeness (QED) is 0.821. The predicted octanol–water partition coefficient (Wildman–Crippen LogP) is 1.53. The second-order valence-corrected chi connectivity index (χ2v) is 6.55. The molecule has 2 rings (SSSR count). The number of hydrogen-bond donors (Lipinski definition) is 2. The molecule has 8 heteroatoms. The number of ether oxygens (including phenoxy) is 2. The zero-order valence-corrected chi connectivity index (χ0v) is 14.1. The van der Waals surface area contributed by atoms with Crippen molar-refractivity contribution in [1.82, 2.24) is 0 Å². The largest absolute Gasteiger partial charge is 0.493 e. The van der Waals surface area contributed by atoms with Crippen LogP contribution in [0.1, 0.15) is 5.56 Å². The number of carbonyl (C=O) groups is 1. The Bertz CT molecular complexity index is 849. The maximum absolute atomic E-state index is 12.1. The second kappa shape index (κ2) is 7.33. The molecule has 0 aliphatic heterocycles. The van der Waals surface area contributed by atoms with Gasteiger partial charge in [-0.25, -0.2) is 13.6 Å². The average Bonchev–Trinajstić information content (AvgIpc) is 2.54. The fraction of sp³-hybridized carbons (Fsp3) is 0.188.